The van der Waals surface area contributed by atoms with Crippen LogP contribution in [0.2, 0.25) is 15.1 Å². The summed E-state index contributed by atoms with van der Waals surface area (Å²) in [6.45, 7) is 0. The Kier molecular flexibility index (Phi) is 8.03. The molecule has 10 heteroatoms. The van der Waals surface area contributed by atoms with Gasteiger partial charge in [0.2, 0.25) is 15.9 Å². The van der Waals surface area contributed by atoms with E-state index in [1.165, 1.54) is 37.4 Å². The summed E-state index contributed by atoms with van der Waals surface area (Å²) in [4.78, 5) is 12.9. The standard InChI is InChI=1S/C22H19Cl3N2O4S/c1-31-21-10-8-16(13-19(21)25)32(29,30)27-20(11-14-5-3-2-4-6-14)22(28)26-15-7-9-17(23)18(24)12-15/h2-10,12-13,20,27H,11H2,1H3,(H,26,28). The van der Waals surface area contributed by atoms with Gasteiger partial charge in [-0.05, 0) is 48.4 Å². The van der Waals surface area contributed by atoms with Crippen molar-refractivity contribution in [2.45, 2.75) is 17.4 Å². The molecule has 0 saturated heterocycles. The third kappa shape index (κ3) is 6.15. The number of hydrogen-bond donors (Lipinski definition) is 2. The normalized spacial score (nSPS) is 12.2. The summed E-state index contributed by atoms with van der Waals surface area (Å²) in [6.07, 6.45) is 0.122. The van der Waals surface area contributed by atoms with Gasteiger partial charge in [-0.25, -0.2) is 8.42 Å². The van der Waals surface area contributed by atoms with Gasteiger partial charge in [0.05, 0.1) is 27.1 Å². The van der Waals surface area contributed by atoms with Crippen molar-refractivity contribution in [1.29, 1.82) is 0 Å². The van der Waals surface area contributed by atoms with Crippen molar-refractivity contribution < 1.29 is 17.9 Å². The van der Waals surface area contributed by atoms with Gasteiger partial charge in [0, 0.05) is 5.69 Å². The molecule has 1 amide bonds. The van der Waals surface area contributed by atoms with Gasteiger partial charge in [-0.15, -0.1) is 0 Å². The molecular weight excluding hydrogens is 495 g/mol. The third-order valence-electron chi connectivity index (χ3n) is 4.52. The molecule has 0 bridgehead atoms. The molecule has 0 aromatic heterocycles. The molecule has 3 aromatic rings. The van der Waals surface area contributed by atoms with Gasteiger partial charge in [0.15, 0.2) is 0 Å². The van der Waals surface area contributed by atoms with E-state index in [4.69, 9.17) is 39.5 Å². The molecule has 2 N–H and O–H groups in total. The Morgan fingerprint density at radius 1 is 0.938 bits per heavy atom. The van der Waals surface area contributed by atoms with E-state index < -0.39 is 22.0 Å². The van der Waals surface area contributed by atoms with Gasteiger partial charge in [0.1, 0.15) is 11.8 Å². The first kappa shape index (κ1) is 24.4. The Morgan fingerprint density at radius 2 is 1.66 bits per heavy atom. The number of anilines is 1. The second-order valence-corrected chi connectivity index (χ2v) is 9.71. The Labute approximate surface area is 201 Å². The summed E-state index contributed by atoms with van der Waals surface area (Å²) in [7, 11) is -2.65. The lowest BCUT2D eigenvalue weighted by molar-refractivity contribution is -0.117. The van der Waals surface area contributed by atoms with Crippen molar-refractivity contribution in [2.75, 3.05) is 12.4 Å². The number of amides is 1. The molecule has 0 heterocycles. The van der Waals surface area contributed by atoms with Crippen LogP contribution in [0.4, 0.5) is 5.69 Å². The van der Waals surface area contributed by atoms with Crippen LogP contribution in [0, 0.1) is 0 Å². The first-order chi connectivity index (χ1) is 15.2. The van der Waals surface area contributed by atoms with Gasteiger partial charge in [-0.3, -0.25) is 4.79 Å². The minimum Gasteiger partial charge on any atom is -0.495 e. The zero-order valence-corrected chi connectivity index (χ0v) is 19.9. The van der Waals surface area contributed by atoms with Gasteiger partial charge >= 0.3 is 0 Å². The summed E-state index contributed by atoms with van der Waals surface area (Å²) < 4.78 is 33.6. The summed E-state index contributed by atoms with van der Waals surface area (Å²) in [5.41, 5.74) is 1.16. The van der Waals surface area contributed by atoms with Crippen LogP contribution in [-0.4, -0.2) is 27.5 Å². The highest BCUT2D eigenvalue weighted by Gasteiger charge is 2.27. The Morgan fingerprint density at radius 3 is 2.28 bits per heavy atom. The fourth-order valence-corrected chi connectivity index (χ4v) is 4.75. The quantitative estimate of drug-likeness (QED) is 0.434. The highest BCUT2D eigenvalue weighted by molar-refractivity contribution is 7.89. The number of benzene rings is 3. The molecule has 0 aliphatic rings. The number of ether oxygens (including phenoxy) is 1. The molecular formula is C22H19Cl3N2O4S. The van der Waals surface area contributed by atoms with Gasteiger partial charge < -0.3 is 10.1 Å². The smallest absolute Gasteiger partial charge is 0.242 e. The molecule has 0 fully saturated rings. The number of halogens is 3. The number of nitrogens with one attached hydrogen (secondary N) is 2. The predicted octanol–water partition coefficient (Wildman–Crippen LogP) is 5.18. The van der Waals surface area contributed by atoms with E-state index >= 15 is 0 Å². The fourth-order valence-electron chi connectivity index (χ4n) is 2.91. The second-order valence-electron chi connectivity index (χ2n) is 6.78. The van der Waals surface area contributed by atoms with Crippen molar-refractivity contribution in [3.63, 3.8) is 0 Å². The number of carbonyl (C=O) groups excluding carboxylic acids is 1. The number of methoxy groups -OCH3 is 1. The van der Waals surface area contributed by atoms with Crippen molar-refractivity contribution in [2.24, 2.45) is 0 Å². The fraction of sp³-hybridized carbons (Fsp3) is 0.136. The maximum atomic E-state index is 13.0. The number of rotatable bonds is 8. The molecule has 32 heavy (non-hydrogen) atoms. The van der Waals surface area contributed by atoms with Crippen molar-refractivity contribution >= 4 is 56.4 Å². The van der Waals surface area contributed by atoms with E-state index in [1.54, 1.807) is 30.3 Å². The highest BCUT2D eigenvalue weighted by Crippen LogP contribution is 2.28. The molecule has 3 rings (SSSR count). The Balaban J connectivity index is 1.88. The summed E-state index contributed by atoms with van der Waals surface area (Å²) >= 11 is 18.0. The topological polar surface area (TPSA) is 84.5 Å². The molecule has 0 radical (unpaired) electrons. The lowest BCUT2D eigenvalue weighted by Crippen LogP contribution is -2.45. The van der Waals surface area contributed by atoms with Crippen molar-refractivity contribution in [3.8, 4) is 5.75 Å². The van der Waals surface area contributed by atoms with Crippen LogP contribution in [0.3, 0.4) is 0 Å². The first-order valence-corrected chi connectivity index (χ1v) is 12.0. The van der Waals surface area contributed by atoms with Crippen LogP contribution < -0.4 is 14.8 Å². The number of carbonyl (C=O) groups is 1. The Hall–Kier alpha value is -2.29. The highest BCUT2D eigenvalue weighted by atomic mass is 35.5. The zero-order chi connectivity index (χ0) is 23.3. The molecule has 0 spiro atoms. The van der Waals surface area contributed by atoms with Crippen molar-refractivity contribution in [3.05, 3.63) is 87.4 Å². The summed E-state index contributed by atoms with van der Waals surface area (Å²) in [5.74, 6) is -0.223. The molecule has 0 aliphatic carbocycles. The maximum Gasteiger partial charge on any atom is 0.242 e. The minimum atomic E-state index is -4.08. The molecule has 1 atom stereocenters. The average Bonchev–Trinajstić information content (AvgIpc) is 2.76. The predicted molar refractivity (Wildman–Crippen MR) is 127 cm³/mol. The molecule has 168 valence electrons. The van der Waals surface area contributed by atoms with E-state index in [9.17, 15) is 13.2 Å². The lowest BCUT2D eigenvalue weighted by Gasteiger charge is -2.19. The summed E-state index contributed by atoms with van der Waals surface area (Å²) in [6, 6.07) is 16.6. The molecule has 6 nitrogen and oxygen atoms in total. The van der Waals surface area contributed by atoms with Gasteiger partial charge in [-0.1, -0.05) is 65.1 Å². The van der Waals surface area contributed by atoms with E-state index in [-0.39, 0.29) is 21.4 Å². The largest absolute Gasteiger partial charge is 0.495 e. The monoisotopic (exact) mass is 512 g/mol. The average molecular weight is 514 g/mol. The SMILES string of the molecule is COc1ccc(S(=O)(=O)NC(Cc2ccccc2)C(=O)Nc2ccc(Cl)c(Cl)c2)cc1Cl. The third-order valence-corrected chi connectivity index (χ3v) is 7.02. The van der Waals surface area contributed by atoms with Crippen LogP contribution in [0.5, 0.6) is 5.75 Å². The minimum absolute atomic E-state index is 0.0938. The van der Waals surface area contributed by atoms with E-state index in [1.807, 2.05) is 6.07 Å². The zero-order valence-electron chi connectivity index (χ0n) is 16.8. The van der Waals surface area contributed by atoms with Crippen LogP contribution in [-0.2, 0) is 21.2 Å². The van der Waals surface area contributed by atoms with Crippen LogP contribution in [0.25, 0.3) is 0 Å². The van der Waals surface area contributed by atoms with E-state index in [2.05, 4.69) is 10.0 Å². The second kappa shape index (κ2) is 10.6. The number of sulfonamides is 1. The summed E-state index contributed by atoms with van der Waals surface area (Å²) in [5, 5.41) is 3.41. The van der Waals surface area contributed by atoms with E-state index in [0.29, 0.717) is 16.5 Å². The first-order valence-electron chi connectivity index (χ1n) is 9.35. The number of hydrogen-bond acceptors (Lipinski definition) is 4. The molecule has 3 aromatic carbocycles. The molecule has 1 unspecified atom stereocenters. The van der Waals surface area contributed by atoms with Gasteiger partial charge in [-0.2, -0.15) is 4.72 Å². The van der Waals surface area contributed by atoms with Crippen LogP contribution in [0.15, 0.2) is 71.6 Å². The lowest BCUT2D eigenvalue weighted by atomic mass is 10.1. The van der Waals surface area contributed by atoms with E-state index in [0.717, 1.165) is 5.56 Å². The van der Waals surface area contributed by atoms with Gasteiger partial charge in [0.25, 0.3) is 0 Å². The molecule has 0 saturated carbocycles. The van der Waals surface area contributed by atoms with Crippen molar-refractivity contribution in [1.82, 2.24) is 4.72 Å². The van der Waals surface area contributed by atoms with Crippen LogP contribution in [0.1, 0.15) is 5.56 Å². The van der Waals surface area contributed by atoms with Crippen LogP contribution >= 0.6 is 34.8 Å². The Bertz CT molecular complexity index is 1220. The molecule has 0 aliphatic heterocycles. The maximum absolute atomic E-state index is 13.0.